The van der Waals surface area contributed by atoms with Gasteiger partial charge in [0.2, 0.25) is 0 Å². The van der Waals surface area contributed by atoms with Crippen LogP contribution < -0.4 is 10.2 Å². The van der Waals surface area contributed by atoms with Crippen LogP contribution in [-0.2, 0) is 0 Å². The topological polar surface area (TPSA) is 55.6 Å². The number of rotatable bonds is 7. The summed E-state index contributed by atoms with van der Waals surface area (Å²) in [5.41, 5.74) is 8.50. The summed E-state index contributed by atoms with van der Waals surface area (Å²) in [6, 6.07) is 15.4. The van der Waals surface area contributed by atoms with E-state index in [1.165, 1.54) is 5.56 Å². The molecule has 0 saturated carbocycles. The molecule has 0 bridgehead atoms. The molecule has 1 N–H and O–H groups in total. The molecule has 3 aromatic rings. The van der Waals surface area contributed by atoms with Crippen LogP contribution in [0.3, 0.4) is 0 Å². The Labute approximate surface area is 185 Å². The van der Waals surface area contributed by atoms with Gasteiger partial charge >= 0.3 is 0 Å². The van der Waals surface area contributed by atoms with Crippen LogP contribution in [0, 0.1) is 20.8 Å². The molecule has 156 valence electrons. The van der Waals surface area contributed by atoms with E-state index >= 15 is 0 Å². The minimum atomic E-state index is -0.260. The van der Waals surface area contributed by atoms with Crippen molar-refractivity contribution in [2.45, 2.75) is 34.1 Å². The van der Waals surface area contributed by atoms with Crippen molar-refractivity contribution in [2.24, 2.45) is 5.10 Å². The van der Waals surface area contributed by atoms with Crippen LogP contribution in [-0.4, -0.2) is 23.3 Å². The second-order valence-corrected chi connectivity index (χ2v) is 8.02. The zero-order valence-electron chi connectivity index (χ0n) is 17.7. The number of benzene rings is 2. The molecule has 6 heteroatoms. The van der Waals surface area contributed by atoms with Crippen molar-refractivity contribution in [3.8, 4) is 11.4 Å². The minimum Gasteiger partial charge on any atom is -0.494 e. The number of nitrogens with one attached hydrogen (secondary N) is 1. The fraction of sp³-hybridized carbons (Fsp3) is 0.250. The molecule has 30 heavy (non-hydrogen) atoms. The van der Waals surface area contributed by atoms with Crippen LogP contribution in [0.1, 0.15) is 46.2 Å². The summed E-state index contributed by atoms with van der Waals surface area (Å²) in [7, 11) is 0. The standard InChI is InChI=1S/C24H26BrN3O2/c1-5-12-30-22-10-7-19(8-11-22)24(29)27-26-15-20-13-17(3)28(18(20)4)21-9-6-16(2)23(25)14-21/h6-11,13-15H,5,12H2,1-4H3,(H,27,29)/b26-15+. The second-order valence-electron chi connectivity index (χ2n) is 7.17. The van der Waals surface area contributed by atoms with E-state index in [9.17, 15) is 4.79 Å². The molecule has 3 rings (SSSR count). The van der Waals surface area contributed by atoms with Gasteiger partial charge in [0.1, 0.15) is 5.75 Å². The predicted octanol–water partition coefficient (Wildman–Crippen LogP) is 5.72. The third-order valence-electron chi connectivity index (χ3n) is 4.84. The third-order valence-corrected chi connectivity index (χ3v) is 5.70. The van der Waals surface area contributed by atoms with E-state index < -0.39 is 0 Å². The van der Waals surface area contributed by atoms with E-state index in [0.717, 1.165) is 39.3 Å². The van der Waals surface area contributed by atoms with Crippen LogP contribution in [0.25, 0.3) is 5.69 Å². The zero-order valence-corrected chi connectivity index (χ0v) is 19.3. The Bertz CT molecular complexity index is 1070. The van der Waals surface area contributed by atoms with Gasteiger partial charge in [0.05, 0.1) is 12.8 Å². The monoisotopic (exact) mass is 467 g/mol. The normalized spacial score (nSPS) is 11.1. The maximum absolute atomic E-state index is 12.3. The van der Waals surface area contributed by atoms with Gasteiger partial charge in [-0.05, 0) is 75.2 Å². The Hall–Kier alpha value is -2.86. The highest BCUT2D eigenvalue weighted by molar-refractivity contribution is 9.10. The molecule has 5 nitrogen and oxygen atoms in total. The summed E-state index contributed by atoms with van der Waals surface area (Å²) in [4.78, 5) is 12.3. The Kier molecular flexibility index (Phi) is 7.11. The van der Waals surface area contributed by atoms with Gasteiger partial charge in [-0.25, -0.2) is 5.43 Å². The first kappa shape index (κ1) is 21.8. The van der Waals surface area contributed by atoms with E-state index in [0.29, 0.717) is 12.2 Å². The summed E-state index contributed by atoms with van der Waals surface area (Å²) in [5, 5.41) is 4.15. The van der Waals surface area contributed by atoms with Gasteiger partial charge in [0.25, 0.3) is 5.91 Å². The second kappa shape index (κ2) is 9.76. The lowest BCUT2D eigenvalue weighted by molar-refractivity contribution is 0.0955. The average molecular weight is 468 g/mol. The highest BCUT2D eigenvalue weighted by Gasteiger charge is 2.11. The zero-order chi connectivity index (χ0) is 21.7. The Balaban J connectivity index is 1.70. The van der Waals surface area contributed by atoms with Crippen molar-refractivity contribution in [1.29, 1.82) is 0 Å². The summed E-state index contributed by atoms with van der Waals surface area (Å²) in [6.07, 6.45) is 2.62. The Morgan fingerprint density at radius 1 is 1.13 bits per heavy atom. The number of carbonyl (C=O) groups excluding carboxylic acids is 1. The van der Waals surface area contributed by atoms with Gasteiger partial charge in [-0.3, -0.25) is 4.79 Å². The summed E-state index contributed by atoms with van der Waals surface area (Å²) in [6.45, 7) is 8.87. The van der Waals surface area contributed by atoms with E-state index in [4.69, 9.17) is 4.74 Å². The molecule has 0 unspecified atom stereocenters. The number of carbonyl (C=O) groups is 1. The molecule has 1 amide bonds. The molecule has 1 aromatic heterocycles. The molecular weight excluding hydrogens is 442 g/mol. The first-order valence-electron chi connectivity index (χ1n) is 9.92. The number of amides is 1. The van der Waals surface area contributed by atoms with Crippen LogP contribution in [0.2, 0.25) is 0 Å². The predicted molar refractivity (Wildman–Crippen MR) is 125 cm³/mol. The van der Waals surface area contributed by atoms with E-state index in [-0.39, 0.29) is 5.91 Å². The van der Waals surface area contributed by atoms with E-state index in [2.05, 4.69) is 76.1 Å². The lowest BCUT2D eigenvalue weighted by Gasteiger charge is -2.11. The highest BCUT2D eigenvalue weighted by Crippen LogP contribution is 2.24. The number of ether oxygens (including phenoxy) is 1. The lowest BCUT2D eigenvalue weighted by atomic mass is 10.2. The van der Waals surface area contributed by atoms with Gasteiger partial charge in [-0.2, -0.15) is 5.10 Å². The van der Waals surface area contributed by atoms with Crippen LogP contribution in [0.5, 0.6) is 5.75 Å². The first-order valence-corrected chi connectivity index (χ1v) is 10.7. The van der Waals surface area contributed by atoms with Crippen molar-refractivity contribution in [2.75, 3.05) is 6.61 Å². The minimum absolute atomic E-state index is 0.260. The van der Waals surface area contributed by atoms with Gasteiger partial charge in [0, 0.05) is 32.7 Å². The van der Waals surface area contributed by atoms with Gasteiger partial charge in [0.15, 0.2) is 0 Å². The third kappa shape index (κ3) is 5.00. The van der Waals surface area contributed by atoms with Gasteiger partial charge in [-0.1, -0.05) is 28.9 Å². The lowest BCUT2D eigenvalue weighted by Crippen LogP contribution is -2.17. The molecule has 2 aromatic carbocycles. The number of nitrogens with zero attached hydrogens (tertiary/aromatic N) is 2. The highest BCUT2D eigenvalue weighted by atomic mass is 79.9. The average Bonchev–Trinajstić information content (AvgIpc) is 3.02. The molecule has 0 fully saturated rings. The molecular formula is C24H26BrN3O2. The van der Waals surface area contributed by atoms with Crippen LogP contribution in [0.4, 0.5) is 0 Å². The Morgan fingerprint density at radius 2 is 1.87 bits per heavy atom. The van der Waals surface area contributed by atoms with Gasteiger partial charge < -0.3 is 9.30 Å². The number of hydrogen-bond donors (Lipinski definition) is 1. The Morgan fingerprint density at radius 3 is 2.53 bits per heavy atom. The van der Waals surface area contributed by atoms with E-state index in [1.54, 1.807) is 30.5 Å². The molecule has 0 aliphatic heterocycles. The first-order chi connectivity index (χ1) is 14.4. The summed E-state index contributed by atoms with van der Waals surface area (Å²) >= 11 is 3.60. The summed E-state index contributed by atoms with van der Waals surface area (Å²) in [5.74, 6) is 0.497. The van der Waals surface area contributed by atoms with Crippen molar-refractivity contribution in [3.63, 3.8) is 0 Å². The van der Waals surface area contributed by atoms with Crippen LogP contribution in [0.15, 0.2) is 58.1 Å². The molecule has 0 radical (unpaired) electrons. The number of halogens is 1. The number of aromatic nitrogens is 1. The van der Waals surface area contributed by atoms with Crippen LogP contribution >= 0.6 is 15.9 Å². The maximum atomic E-state index is 12.3. The SMILES string of the molecule is CCCOc1ccc(C(=O)N/N=C/c2cc(C)n(-c3ccc(C)c(Br)c3)c2C)cc1. The fourth-order valence-electron chi connectivity index (χ4n) is 3.18. The maximum Gasteiger partial charge on any atom is 0.271 e. The van der Waals surface area contributed by atoms with Crippen molar-refractivity contribution in [1.82, 2.24) is 9.99 Å². The van der Waals surface area contributed by atoms with Crippen molar-refractivity contribution < 1.29 is 9.53 Å². The van der Waals surface area contributed by atoms with E-state index in [1.807, 2.05) is 6.92 Å². The molecule has 0 spiro atoms. The number of hydrazone groups is 1. The molecule has 0 aliphatic carbocycles. The summed E-state index contributed by atoms with van der Waals surface area (Å²) < 4.78 is 8.78. The molecule has 0 atom stereocenters. The molecule has 1 heterocycles. The molecule has 0 aliphatic rings. The van der Waals surface area contributed by atoms with Crippen molar-refractivity contribution >= 4 is 28.1 Å². The van der Waals surface area contributed by atoms with Gasteiger partial charge in [-0.15, -0.1) is 0 Å². The number of aryl methyl sites for hydroxylation is 2. The van der Waals surface area contributed by atoms with Crippen molar-refractivity contribution in [3.05, 3.63) is 81.1 Å². The fourth-order valence-corrected chi connectivity index (χ4v) is 3.55. The number of hydrogen-bond acceptors (Lipinski definition) is 3. The molecule has 0 saturated heterocycles. The largest absolute Gasteiger partial charge is 0.494 e. The quantitative estimate of drug-likeness (QED) is 0.356. The smallest absolute Gasteiger partial charge is 0.271 e.